The fourth-order valence-corrected chi connectivity index (χ4v) is 4.31. The molecule has 0 radical (unpaired) electrons. The predicted octanol–water partition coefficient (Wildman–Crippen LogP) is 4.84. The lowest BCUT2D eigenvalue weighted by Gasteiger charge is -2.24. The highest BCUT2D eigenvalue weighted by molar-refractivity contribution is 6.06. The van der Waals surface area contributed by atoms with Crippen molar-refractivity contribution in [2.24, 2.45) is 0 Å². The first-order chi connectivity index (χ1) is 14.0. The Bertz CT molecular complexity index is 1260. The molecule has 0 saturated carbocycles. The van der Waals surface area contributed by atoms with Crippen molar-refractivity contribution >= 4 is 27.8 Å². The van der Waals surface area contributed by atoms with E-state index in [-0.39, 0.29) is 17.8 Å². The number of fused-ring (bicyclic) bond motifs is 2. The number of hydrogen-bond donors (Lipinski definition) is 1. The number of benzene rings is 2. The summed E-state index contributed by atoms with van der Waals surface area (Å²) < 4.78 is 13.7. The average Bonchev–Trinajstić information content (AvgIpc) is 3.34. The Balaban J connectivity index is 1.57. The van der Waals surface area contributed by atoms with Crippen molar-refractivity contribution in [2.45, 2.75) is 32.7 Å². The van der Waals surface area contributed by atoms with E-state index in [9.17, 15) is 9.18 Å². The van der Waals surface area contributed by atoms with Crippen LogP contribution < -0.4 is 0 Å². The van der Waals surface area contributed by atoms with Crippen LogP contribution in [0.25, 0.3) is 21.9 Å². The van der Waals surface area contributed by atoms with E-state index >= 15 is 0 Å². The molecule has 0 spiro atoms. The first kappa shape index (κ1) is 17.8. The van der Waals surface area contributed by atoms with Crippen molar-refractivity contribution in [3.8, 4) is 0 Å². The van der Waals surface area contributed by atoms with Crippen molar-refractivity contribution in [1.82, 2.24) is 19.9 Å². The third-order valence-electron chi connectivity index (χ3n) is 5.69. The molecule has 1 fully saturated rings. The normalized spacial score (nSPS) is 16.8. The zero-order valence-electron chi connectivity index (χ0n) is 16.4. The van der Waals surface area contributed by atoms with E-state index < -0.39 is 0 Å². The summed E-state index contributed by atoms with van der Waals surface area (Å²) in [4.78, 5) is 28.0. The van der Waals surface area contributed by atoms with Gasteiger partial charge in [-0.15, -0.1) is 0 Å². The molecular formula is C23H21FN4O. The molecule has 5 nitrogen and oxygen atoms in total. The molecule has 0 unspecified atom stereocenters. The minimum Gasteiger partial charge on any atom is -0.340 e. The van der Waals surface area contributed by atoms with Gasteiger partial charge in [-0.3, -0.25) is 9.78 Å². The number of imidazole rings is 1. The van der Waals surface area contributed by atoms with Gasteiger partial charge < -0.3 is 9.88 Å². The number of aromatic amines is 1. The number of rotatable bonds is 2. The van der Waals surface area contributed by atoms with Crippen LogP contribution in [0.4, 0.5) is 4.39 Å². The maximum Gasteiger partial charge on any atom is 0.255 e. The van der Waals surface area contributed by atoms with Gasteiger partial charge in [0, 0.05) is 23.7 Å². The van der Waals surface area contributed by atoms with Crippen LogP contribution in [0.1, 0.15) is 46.3 Å². The summed E-state index contributed by atoms with van der Waals surface area (Å²) >= 11 is 0. The molecule has 0 aliphatic carbocycles. The summed E-state index contributed by atoms with van der Waals surface area (Å²) in [6.45, 7) is 4.53. The number of amides is 1. The summed E-state index contributed by atoms with van der Waals surface area (Å²) in [5.41, 5.74) is 4.80. The van der Waals surface area contributed by atoms with Crippen molar-refractivity contribution in [2.75, 3.05) is 6.54 Å². The number of carbonyl (C=O) groups excluding carboxylic acids is 1. The van der Waals surface area contributed by atoms with Gasteiger partial charge in [0.05, 0.1) is 28.2 Å². The number of nitrogens with zero attached hydrogens (tertiary/aromatic N) is 3. The Morgan fingerprint density at radius 1 is 1.17 bits per heavy atom. The van der Waals surface area contributed by atoms with Crippen LogP contribution in [-0.4, -0.2) is 32.3 Å². The molecule has 146 valence electrons. The topological polar surface area (TPSA) is 61.9 Å². The molecule has 1 amide bonds. The molecule has 0 bridgehead atoms. The minimum atomic E-state index is -0.356. The largest absolute Gasteiger partial charge is 0.340 e. The molecule has 1 saturated heterocycles. The molecule has 1 aliphatic rings. The van der Waals surface area contributed by atoms with E-state index in [1.54, 1.807) is 12.1 Å². The van der Waals surface area contributed by atoms with E-state index in [1.807, 2.05) is 36.9 Å². The Morgan fingerprint density at radius 2 is 2.03 bits per heavy atom. The molecule has 4 aromatic rings. The minimum absolute atomic E-state index is 0.0632. The zero-order chi connectivity index (χ0) is 20.1. The van der Waals surface area contributed by atoms with Gasteiger partial charge in [-0.2, -0.15) is 0 Å². The van der Waals surface area contributed by atoms with Gasteiger partial charge in [-0.25, -0.2) is 9.37 Å². The lowest BCUT2D eigenvalue weighted by molar-refractivity contribution is 0.0732. The number of aromatic nitrogens is 3. The molecular weight excluding hydrogens is 367 g/mol. The van der Waals surface area contributed by atoms with Gasteiger partial charge in [0.2, 0.25) is 0 Å². The fourth-order valence-electron chi connectivity index (χ4n) is 4.31. The van der Waals surface area contributed by atoms with Crippen LogP contribution >= 0.6 is 0 Å². The van der Waals surface area contributed by atoms with Gasteiger partial charge in [-0.1, -0.05) is 12.1 Å². The predicted molar refractivity (Wildman–Crippen MR) is 110 cm³/mol. The molecule has 1 aliphatic heterocycles. The number of hydrogen-bond acceptors (Lipinski definition) is 3. The lowest BCUT2D eigenvalue weighted by Crippen LogP contribution is -2.31. The quantitative estimate of drug-likeness (QED) is 0.534. The van der Waals surface area contributed by atoms with E-state index in [0.29, 0.717) is 28.7 Å². The van der Waals surface area contributed by atoms with Crippen LogP contribution in [0.2, 0.25) is 0 Å². The van der Waals surface area contributed by atoms with Crippen LogP contribution in [-0.2, 0) is 0 Å². The first-order valence-corrected chi connectivity index (χ1v) is 9.84. The molecule has 1 atom stereocenters. The third-order valence-corrected chi connectivity index (χ3v) is 5.69. The molecule has 5 rings (SSSR count). The monoisotopic (exact) mass is 388 g/mol. The lowest BCUT2D eigenvalue weighted by atomic mass is 10.1. The molecule has 2 aromatic carbocycles. The summed E-state index contributed by atoms with van der Waals surface area (Å²) in [7, 11) is 0. The van der Waals surface area contributed by atoms with Crippen molar-refractivity contribution in [3.05, 3.63) is 70.9 Å². The second-order valence-corrected chi connectivity index (χ2v) is 7.72. The molecule has 1 N–H and O–H groups in total. The van der Waals surface area contributed by atoms with E-state index in [2.05, 4.69) is 9.97 Å². The highest BCUT2D eigenvalue weighted by atomic mass is 19.1. The van der Waals surface area contributed by atoms with Gasteiger partial charge in [0.1, 0.15) is 11.6 Å². The SMILES string of the molecule is Cc1cc(C(=O)N2CCC[C@H]2c2nc3c(C)cccc3[nH]2)c2ccc(F)cc2n1. The standard InChI is InChI=1S/C23H21FN4O/c1-13-5-3-6-18-21(13)27-22(26-18)20-7-4-10-28(20)23(29)17-11-14(2)25-19-12-15(24)8-9-16(17)19/h3,5-6,8-9,11-12,20H,4,7,10H2,1-2H3,(H,26,27)/t20-/m0/s1. The van der Waals surface area contributed by atoms with E-state index in [4.69, 9.17) is 4.98 Å². The van der Waals surface area contributed by atoms with E-state index in [0.717, 1.165) is 35.3 Å². The number of nitrogens with one attached hydrogen (secondary N) is 1. The van der Waals surface area contributed by atoms with Crippen LogP contribution in [0, 0.1) is 19.7 Å². The highest BCUT2D eigenvalue weighted by Gasteiger charge is 2.33. The third kappa shape index (κ3) is 2.95. The number of carbonyl (C=O) groups is 1. The zero-order valence-corrected chi connectivity index (χ0v) is 16.4. The maximum atomic E-state index is 13.7. The van der Waals surface area contributed by atoms with Crippen LogP contribution in [0.3, 0.4) is 0 Å². The number of pyridine rings is 1. The van der Waals surface area contributed by atoms with Crippen molar-refractivity contribution in [3.63, 3.8) is 0 Å². The number of likely N-dealkylation sites (tertiary alicyclic amines) is 1. The number of aryl methyl sites for hydroxylation is 2. The number of H-pyrrole nitrogens is 1. The highest BCUT2D eigenvalue weighted by Crippen LogP contribution is 2.34. The Hall–Kier alpha value is -3.28. The summed E-state index contributed by atoms with van der Waals surface area (Å²) in [5.74, 6) is 0.402. The van der Waals surface area contributed by atoms with Crippen LogP contribution in [0.15, 0.2) is 42.5 Å². The van der Waals surface area contributed by atoms with Gasteiger partial charge >= 0.3 is 0 Å². The Kier molecular flexibility index (Phi) is 4.08. The fraction of sp³-hybridized carbons (Fsp3) is 0.261. The molecule has 2 aromatic heterocycles. The Morgan fingerprint density at radius 3 is 2.86 bits per heavy atom. The summed E-state index contributed by atoms with van der Waals surface area (Å²) in [6, 6.07) is 12.1. The number of para-hydroxylation sites is 1. The first-order valence-electron chi connectivity index (χ1n) is 9.84. The van der Waals surface area contributed by atoms with Crippen LogP contribution in [0.5, 0.6) is 0 Å². The van der Waals surface area contributed by atoms with Gasteiger partial charge in [-0.05, 0) is 56.5 Å². The Labute approximate surface area is 167 Å². The second kappa shape index (κ2) is 6.65. The smallest absolute Gasteiger partial charge is 0.255 e. The average molecular weight is 388 g/mol. The maximum absolute atomic E-state index is 13.7. The van der Waals surface area contributed by atoms with Gasteiger partial charge in [0.25, 0.3) is 5.91 Å². The molecule has 3 heterocycles. The second-order valence-electron chi connectivity index (χ2n) is 7.72. The van der Waals surface area contributed by atoms with Crippen molar-refractivity contribution in [1.29, 1.82) is 0 Å². The summed E-state index contributed by atoms with van der Waals surface area (Å²) in [5, 5.41) is 0.674. The summed E-state index contributed by atoms with van der Waals surface area (Å²) in [6.07, 6.45) is 1.78. The molecule has 29 heavy (non-hydrogen) atoms. The molecule has 6 heteroatoms. The van der Waals surface area contributed by atoms with Crippen molar-refractivity contribution < 1.29 is 9.18 Å². The van der Waals surface area contributed by atoms with E-state index in [1.165, 1.54) is 12.1 Å². The number of halogens is 1. The van der Waals surface area contributed by atoms with Gasteiger partial charge in [0.15, 0.2) is 0 Å².